The minimum atomic E-state index is -3.68. The van der Waals surface area contributed by atoms with Gasteiger partial charge in [0, 0.05) is 12.1 Å². The van der Waals surface area contributed by atoms with E-state index in [9.17, 15) is 8.42 Å². The van der Waals surface area contributed by atoms with Crippen LogP contribution >= 0.6 is 0 Å². The van der Waals surface area contributed by atoms with Crippen LogP contribution in [0.15, 0.2) is 17.0 Å². The maximum Gasteiger partial charge on any atom is 0.245 e. The van der Waals surface area contributed by atoms with E-state index in [1.165, 1.54) is 7.11 Å². The lowest BCUT2D eigenvalue weighted by molar-refractivity contribution is 0.399. The van der Waals surface area contributed by atoms with Gasteiger partial charge in [0.05, 0.1) is 7.11 Å². The van der Waals surface area contributed by atoms with E-state index in [1.54, 1.807) is 26.8 Å². The van der Waals surface area contributed by atoms with Gasteiger partial charge in [0.15, 0.2) is 0 Å². The Morgan fingerprint density at radius 3 is 2.37 bits per heavy atom. The topological polar surface area (TPSA) is 81.4 Å². The van der Waals surface area contributed by atoms with E-state index in [0.29, 0.717) is 11.3 Å². The van der Waals surface area contributed by atoms with Crippen molar-refractivity contribution in [2.45, 2.75) is 38.1 Å². The Kier molecular flexibility index (Phi) is 4.60. The molecule has 0 aliphatic rings. The molecule has 0 heterocycles. The Morgan fingerprint density at radius 1 is 1.32 bits per heavy atom. The zero-order valence-corrected chi connectivity index (χ0v) is 12.9. The van der Waals surface area contributed by atoms with Crippen LogP contribution in [0.3, 0.4) is 0 Å². The maximum atomic E-state index is 12.5. The molecule has 0 unspecified atom stereocenters. The van der Waals surface area contributed by atoms with Crippen molar-refractivity contribution in [3.8, 4) is 5.75 Å². The zero-order chi connectivity index (χ0) is 14.8. The first kappa shape index (κ1) is 15.9. The van der Waals surface area contributed by atoms with Crippen molar-refractivity contribution in [3.05, 3.63) is 23.3 Å². The molecule has 0 bridgehead atoms. The highest BCUT2D eigenvalue weighted by atomic mass is 32.2. The van der Waals surface area contributed by atoms with Crippen LogP contribution in [0, 0.1) is 13.8 Å². The molecule has 0 amide bonds. The molecule has 3 N–H and O–H groups in total. The largest absolute Gasteiger partial charge is 0.495 e. The summed E-state index contributed by atoms with van der Waals surface area (Å²) in [6.07, 6.45) is 0. The van der Waals surface area contributed by atoms with E-state index in [0.717, 1.165) is 5.56 Å². The summed E-state index contributed by atoms with van der Waals surface area (Å²) >= 11 is 0. The second-order valence-electron chi connectivity index (χ2n) is 5.31. The number of methoxy groups -OCH3 is 1. The van der Waals surface area contributed by atoms with Gasteiger partial charge in [0.2, 0.25) is 10.0 Å². The molecule has 1 aromatic carbocycles. The summed E-state index contributed by atoms with van der Waals surface area (Å²) in [4.78, 5) is 0.169. The fourth-order valence-corrected chi connectivity index (χ4v) is 3.67. The van der Waals surface area contributed by atoms with Gasteiger partial charge < -0.3 is 10.5 Å². The highest BCUT2D eigenvalue weighted by Crippen LogP contribution is 2.29. The first-order valence-electron chi connectivity index (χ1n) is 6.02. The Labute approximate surface area is 115 Å². The molecular weight excluding hydrogens is 264 g/mol. The molecule has 0 aliphatic heterocycles. The summed E-state index contributed by atoms with van der Waals surface area (Å²) in [7, 11) is -2.22. The number of rotatable bonds is 5. The van der Waals surface area contributed by atoms with E-state index >= 15 is 0 Å². The van der Waals surface area contributed by atoms with Crippen molar-refractivity contribution < 1.29 is 13.2 Å². The smallest absolute Gasteiger partial charge is 0.245 e. The van der Waals surface area contributed by atoms with E-state index in [2.05, 4.69) is 4.72 Å². The van der Waals surface area contributed by atoms with Crippen molar-refractivity contribution in [1.82, 2.24) is 4.72 Å². The zero-order valence-electron chi connectivity index (χ0n) is 12.1. The Bertz CT molecular complexity index is 565. The third kappa shape index (κ3) is 3.68. The number of nitrogens with one attached hydrogen (secondary N) is 1. The first-order chi connectivity index (χ1) is 8.63. The lowest BCUT2D eigenvalue weighted by atomic mass is 10.1. The van der Waals surface area contributed by atoms with Gasteiger partial charge in [-0.2, -0.15) is 0 Å². The molecule has 0 spiro atoms. The number of hydrogen-bond donors (Lipinski definition) is 2. The van der Waals surface area contributed by atoms with Crippen molar-refractivity contribution in [2.24, 2.45) is 5.73 Å². The molecular formula is C13H22N2O3S. The van der Waals surface area contributed by atoms with E-state index < -0.39 is 15.6 Å². The Balaban J connectivity index is 3.37. The summed E-state index contributed by atoms with van der Waals surface area (Å²) < 4.78 is 32.7. The minimum Gasteiger partial charge on any atom is -0.495 e. The molecule has 108 valence electrons. The molecule has 5 nitrogen and oxygen atoms in total. The average Bonchev–Trinajstić information content (AvgIpc) is 2.25. The van der Waals surface area contributed by atoms with Crippen molar-refractivity contribution in [1.29, 1.82) is 0 Å². The van der Waals surface area contributed by atoms with Crippen LogP contribution < -0.4 is 15.2 Å². The number of ether oxygens (including phenoxy) is 1. The predicted octanol–water partition coefficient (Wildman–Crippen LogP) is 1.33. The van der Waals surface area contributed by atoms with Gasteiger partial charge in [0.1, 0.15) is 10.6 Å². The van der Waals surface area contributed by atoms with E-state index in [4.69, 9.17) is 10.5 Å². The summed E-state index contributed by atoms with van der Waals surface area (Å²) in [6, 6.07) is 3.52. The molecule has 6 heteroatoms. The standard InChI is InChI=1S/C13H22N2O3S/c1-9-6-10(2)12(11(7-9)18-5)19(16,17)15-13(3,4)8-14/h6-7,15H,8,14H2,1-5H3. The van der Waals surface area contributed by atoms with Crippen LogP contribution in [-0.2, 0) is 10.0 Å². The molecule has 0 atom stereocenters. The van der Waals surface area contributed by atoms with Crippen LogP contribution in [0.5, 0.6) is 5.75 Å². The quantitative estimate of drug-likeness (QED) is 0.855. The monoisotopic (exact) mass is 286 g/mol. The molecule has 0 saturated heterocycles. The SMILES string of the molecule is COc1cc(C)cc(C)c1S(=O)(=O)NC(C)(C)CN. The van der Waals surface area contributed by atoms with Crippen LogP contribution in [0.25, 0.3) is 0 Å². The number of nitrogens with two attached hydrogens (primary N) is 1. The van der Waals surface area contributed by atoms with Gasteiger partial charge in [-0.3, -0.25) is 0 Å². The van der Waals surface area contributed by atoms with Gasteiger partial charge in [-0.25, -0.2) is 13.1 Å². The van der Waals surface area contributed by atoms with Crippen LogP contribution in [0.4, 0.5) is 0 Å². The van der Waals surface area contributed by atoms with Gasteiger partial charge in [0.25, 0.3) is 0 Å². The van der Waals surface area contributed by atoms with Gasteiger partial charge in [-0.15, -0.1) is 0 Å². The van der Waals surface area contributed by atoms with Crippen LogP contribution in [0.1, 0.15) is 25.0 Å². The second kappa shape index (κ2) is 5.48. The molecule has 0 aromatic heterocycles. The second-order valence-corrected chi connectivity index (χ2v) is 6.93. The van der Waals surface area contributed by atoms with E-state index in [1.807, 2.05) is 13.0 Å². The average molecular weight is 286 g/mol. The third-order valence-electron chi connectivity index (χ3n) is 2.79. The van der Waals surface area contributed by atoms with Gasteiger partial charge in [-0.05, 0) is 44.9 Å². The van der Waals surface area contributed by atoms with Crippen LogP contribution in [-0.4, -0.2) is 27.6 Å². The predicted molar refractivity (Wildman–Crippen MR) is 75.9 cm³/mol. The summed E-state index contributed by atoms with van der Waals surface area (Å²) in [5, 5.41) is 0. The molecule has 0 aliphatic carbocycles. The minimum absolute atomic E-state index is 0.169. The van der Waals surface area contributed by atoms with Crippen LogP contribution in [0.2, 0.25) is 0 Å². The number of benzene rings is 1. The Morgan fingerprint density at radius 2 is 1.89 bits per heavy atom. The Hall–Kier alpha value is -1.11. The van der Waals surface area contributed by atoms with Crippen molar-refractivity contribution >= 4 is 10.0 Å². The lowest BCUT2D eigenvalue weighted by Gasteiger charge is -2.25. The first-order valence-corrected chi connectivity index (χ1v) is 7.50. The molecule has 0 saturated carbocycles. The summed E-state index contributed by atoms with van der Waals surface area (Å²) in [6.45, 7) is 7.32. The number of hydrogen-bond acceptors (Lipinski definition) is 4. The molecule has 1 aromatic rings. The molecule has 19 heavy (non-hydrogen) atoms. The fraction of sp³-hybridized carbons (Fsp3) is 0.538. The highest BCUT2D eigenvalue weighted by molar-refractivity contribution is 7.89. The highest BCUT2D eigenvalue weighted by Gasteiger charge is 2.29. The van der Waals surface area contributed by atoms with E-state index in [-0.39, 0.29) is 11.4 Å². The normalized spacial score (nSPS) is 12.5. The van der Waals surface area contributed by atoms with Crippen molar-refractivity contribution in [3.63, 3.8) is 0 Å². The maximum absolute atomic E-state index is 12.5. The number of aryl methyl sites for hydroxylation is 2. The van der Waals surface area contributed by atoms with Gasteiger partial charge in [-0.1, -0.05) is 6.07 Å². The number of sulfonamides is 1. The molecule has 0 fully saturated rings. The van der Waals surface area contributed by atoms with Gasteiger partial charge >= 0.3 is 0 Å². The lowest BCUT2D eigenvalue weighted by Crippen LogP contribution is -2.48. The summed E-state index contributed by atoms with van der Waals surface area (Å²) in [5.41, 5.74) is 6.46. The summed E-state index contributed by atoms with van der Waals surface area (Å²) in [5.74, 6) is 0.345. The molecule has 0 radical (unpaired) electrons. The van der Waals surface area contributed by atoms with Crippen molar-refractivity contribution in [2.75, 3.05) is 13.7 Å². The fourth-order valence-electron chi connectivity index (χ4n) is 1.87. The third-order valence-corrected chi connectivity index (χ3v) is 4.68. The molecule has 1 rings (SSSR count).